The summed E-state index contributed by atoms with van der Waals surface area (Å²) in [5.41, 5.74) is 6.60. The molecule has 0 aromatic heterocycles. The van der Waals surface area contributed by atoms with Gasteiger partial charge in [-0.3, -0.25) is 9.79 Å². The number of aliphatic imine (C=N–C) groups is 1. The first-order valence-corrected chi connectivity index (χ1v) is 12.7. The number of hydrogen-bond acceptors (Lipinski definition) is 6. The van der Waals surface area contributed by atoms with Crippen molar-refractivity contribution < 1.29 is 9.59 Å². The monoisotopic (exact) mass is 494 g/mol. The topological polar surface area (TPSA) is 94.3 Å². The third-order valence-electron chi connectivity index (χ3n) is 5.30. The summed E-state index contributed by atoms with van der Waals surface area (Å²) in [6, 6.07) is 8.38. The minimum absolute atomic E-state index is 0.0669. The molecule has 0 aliphatic heterocycles. The van der Waals surface area contributed by atoms with E-state index in [9.17, 15) is 4.79 Å². The number of Topliss-reactive ketones (excluding diaryl/α,β-unsaturated/α-hetero) is 1. The summed E-state index contributed by atoms with van der Waals surface area (Å²) in [6.45, 7) is 23.1. The molecule has 0 spiro atoms. The highest BCUT2D eigenvalue weighted by Gasteiger charge is 2.22. The zero-order valence-corrected chi connectivity index (χ0v) is 23.6. The summed E-state index contributed by atoms with van der Waals surface area (Å²) in [4.78, 5) is 24.3. The van der Waals surface area contributed by atoms with Crippen molar-refractivity contribution in [3.05, 3.63) is 70.6 Å². The average Bonchev–Trinajstić information content (AvgIpc) is 3.33. The van der Waals surface area contributed by atoms with E-state index in [1.807, 2.05) is 79.7 Å². The predicted molar refractivity (Wildman–Crippen MR) is 153 cm³/mol. The number of nitriles is 1. The average molecular weight is 495 g/mol. The van der Waals surface area contributed by atoms with E-state index in [-0.39, 0.29) is 11.8 Å². The van der Waals surface area contributed by atoms with Gasteiger partial charge in [-0.1, -0.05) is 46.4 Å². The molecule has 2 rings (SSSR count). The van der Waals surface area contributed by atoms with Crippen LogP contribution in [0.25, 0.3) is 0 Å². The lowest BCUT2D eigenvalue weighted by Crippen LogP contribution is -2.24. The third-order valence-corrected chi connectivity index (χ3v) is 5.30. The normalized spacial score (nSPS) is 14.4. The molecular formula is C30H46N4O2. The van der Waals surface area contributed by atoms with Crippen molar-refractivity contribution >= 4 is 18.3 Å². The van der Waals surface area contributed by atoms with Crippen LogP contribution in [0.1, 0.15) is 91.0 Å². The summed E-state index contributed by atoms with van der Waals surface area (Å²) < 4.78 is 0. The van der Waals surface area contributed by atoms with Gasteiger partial charge in [0.25, 0.3) is 0 Å². The molecule has 0 amide bonds. The maximum Gasteiger partial charge on any atom is 0.155 e. The van der Waals surface area contributed by atoms with Gasteiger partial charge in [0, 0.05) is 37.5 Å². The second-order valence-electron chi connectivity index (χ2n) is 7.65. The summed E-state index contributed by atoms with van der Waals surface area (Å²) in [5.74, 6) is 0.0669. The molecule has 1 aromatic rings. The fourth-order valence-corrected chi connectivity index (χ4v) is 3.40. The molecule has 6 nitrogen and oxygen atoms in total. The number of allylic oxidation sites excluding steroid dienone is 3. The van der Waals surface area contributed by atoms with Crippen LogP contribution < -0.4 is 10.6 Å². The van der Waals surface area contributed by atoms with Crippen molar-refractivity contribution in [1.29, 1.82) is 5.26 Å². The molecule has 0 bridgehead atoms. The van der Waals surface area contributed by atoms with Crippen LogP contribution >= 0.6 is 0 Å². The van der Waals surface area contributed by atoms with Gasteiger partial charge < -0.3 is 15.4 Å². The Kier molecular flexibility index (Phi) is 20.4. The Morgan fingerprint density at radius 3 is 2.39 bits per heavy atom. The zero-order valence-electron chi connectivity index (χ0n) is 23.6. The third kappa shape index (κ3) is 12.4. The lowest BCUT2D eigenvalue weighted by Gasteiger charge is -2.16. The Morgan fingerprint density at radius 1 is 1.19 bits per heavy atom. The maximum absolute atomic E-state index is 11.6. The molecule has 2 N–H and O–H groups in total. The van der Waals surface area contributed by atoms with Gasteiger partial charge in [0.2, 0.25) is 0 Å². The minimum atomic E-state index is 0.0669. The number of nitrogens with one attached hydrogen (secondary N) is 2. The van der Waals surface area contributed by atoms with Gasteiger partial charge in [-0.05, 0) is 74.9 Å². The number of rotatable bonds is 10. The van der Waals surface area contributed by atoms with Gasteiger partial charge >= 0.3 is 0 Å². The van der Waals surface area contributed by atoms with Crippen molar-refractivity contribution in [2.75, 3.05) is 13.1 Å². The fraction of sp³-hybridized carbons (Fsp3) is 0.467. The molecule has 1 atom stereocenters. The molecule has 6 heteroatoms. The number of fused-ring (bicyclic) bond motifs is 1. The van der Waals surface area contributed by atoms with Gasteiger partial charge in [-0.2, -0.15) is 5.26 Å². The molecule has 0 fully saturated rings. The largest absolute Gasteiger partial charge is 0.390 e. The van der Waals surface area contributed by atoms with Crippen LogP contribution in [0.3, 0.4) is 0 Å². The number of benzene rings is 1. The molecular weight excluding hydrogens is 448 g/mol. The Balaban J connectivity index is 0. The quantitative estimate of drug-likeness (QED) is 0.290. The van der Waals surface area contributed by atoms with Crippen molar-refractivity contribution in [3.63, 3.8) is 0 Å². The van der Waals surface area contributed by atoms with Crippen LogP contribution in [0.4, 0.5) is 0 Å². The summed E-state index contributed by atoms with van der Waals surface area (Å²) in [5, 5.41) is 15.9. The molecule has 198 valence electrons. The fourth-order valence-electron chi connectivity index (χ4n) is 3.40. The van der Waals surface area contributed by atoms with Crippen LogP contribution in [-0.2, 0) is 16.0 Å². The second kappa shape index (κ2) is 21.0. The first-order valence-electron chi connectivity index (χ1n) is 12.7. The van der Waals surface area contributed by atoms with Gasteiger partial charge in [-0.25, -0.2) is 0 Å². The van der Waals surface area contributed by atoms with E-state index in [0.29, 0.717) is 18.5 Å². The van der Waals surface area contributed by atoms with Gasteiger partial charge in [-0.15, -0.1) is 0 Å². The van der Waals surface area contributed by atoms with E-state index in [2.05, 4.69) is 29.3 Å². The Hall–Kier alpha value is -3.30. The van der Waals surface area contributed by atoms with Gasteiger partial charge in [0.1, 0.15) is 6.79 Å². The van der Waals surface area contributed by atoms with Gasteiger partial charge in [0.15, 0.2) is 5.78 Å². The van der Waals surface area contributed by atoms with E-state index in [1.54, 1.807) is 6.92 Å². The first kappa shape index (κ1) is 34.9. The zero-order chi connectivity index (χ0) is 28.1. The highest BCUT2D eigenvalue weighted by molar-refractivity contribution is 6.02. The van der Waals surface area contributed by atoms with Crippen LogP contribution in [-0.4, -0.2) is 31.4 Å². The smallest absolute Gasteiger partial charge is 0.155 e. The number of ketones is 1. The predicted octanol–water partition coefficient (Wildman–Crippen LogP) is 6.40. The van der Waals surface area contributed by atoms with Crippen LogP contribution in [0, 0.1) is 11.3 Å². The van der Waals surface area contributed by atoms with Crippen molar-refractivity contribution in [2.24, 2.45) is 4.99 Å². The molecule has 0 saturated carbocycles. The number of carbonyl (C=O) groups excluding carboxylic acids is 2. The number of carbonyl (C=O) groups is 2. The maximum atomic E-state index is 11.6. The molecule has 1 aliphatic rings. The lowest BCUT2D eigenvalue weighted by atomic mass is 10.0. The van der Waals surface area contributed by atoms with E-state index < -0.39 is 0 Å². The van der Waals surface area contributed by atoms with E-state index in [4.69, 9.17) is 15.0 Å². The molecule has 0 radical (unpaired) electrons. The molecule has 0 heterocycles. The lowest BCUT2D eigenvalue weighted by molar-refractivity contribution is -0.113. The molecule has 0 saturated heterocycles. The summed E-state index contributed by atoms with van der Waals surface area (Å²) >= 11 is 0. The Morgan fingerprint density at radius 2 is 1.83 bits per heavy atom. The highest BCUT2D eigenvalue weighted by atomic mass is 16.1. The first-order chi connectivity index (χ1) is 17.3. The van der Waals surface area contributed by atoms with Crippen LogP contribution in [0.2, 0.25) is 0 Å². The SMILES string of the molecule is C=C(CN[C@H]1CCc2cc(C#N)ccc21)C(C/C=C(\C)C(C)=O)=N/C(C)=C/NCC.C=O.CC.CC. The summed E-state index contributed by atoms with van der Waals surface area (Å²) in [6.07, 6.45) is 6.35. The highest BCUT2D eigenvalue weighted by Crippen LogP contribution is 2.31. The standard InChI is InChI=1S/C25H32N4O.2C2H6.CH2O/c1-6-27-16-19(4)29-24(11-7-17(2)20(5)30)18(3)15-28-25-12-9-22-13-21(14-26)8-10-23(22)25;3*1-2/h7-8,10,13,16,25,27-28H,3,6,9,11-12,15H2,1-2,4-5H3;2*1-2H3;1H2/b17-7+,19-16+,29-24?;;;/t25-;;;/m0.../s1. The number of hydrogen-bond donors (Lipinski definition) is 2. The molecule has 1 aromatic carbocycles. The second-order valence-corrected chi connectivity index (χ2v) is 7.65. The van der Waals surface area contributed by atoms with Crippen molar-refractivity contribution in [1.82, 2.24) is 10.6 Å². The van der Waals surface area contributed by atoms with Crippen molar-refractivity contribution in [3.8, 4) is 6.07 Å². The van der Waals surface area contributed by atoms with Gasteiger partial charge in [0.05, 0.1) is 17.3 Å². The number of nitrogens with zero attached hydrogens (tertiary/aromatic N) is 2. The number of aryl methyl sites for hydroxylation is 1. The Bertz CT molecular complexity index is 952. The van der Waals surface area contributed by atoms with E-state index >= 15 is 0 Å². The Labute approximate surface area is 219 Å². The van der Waals surface area contributed by atoms with Crippen LogP contribution in [0.5, 0.6) is 0 Å². The van der Waals surface area contributed by atoms with E-state index in [1.165, 1.54) is 11.1 Å². The summed E-state index contributed by atoms with van der Waals surface area (Å²) in [7, 11) is 0. The minimum Gasteiger partial charge on any atom is -0.390 e. The molecule has 0 unspecified atom stereocenters. The molecule has 1 aliphatic carbocycles. The van der Waals surface area contributed by atoms with Crippen molar-refractivity contribution in [2.45, 2.75) is 80.7 Å². The molecule has 36 heavy (non-hydrogen) atoms. The van der Waals surface area contributed by atoms with Crippen LogP contribution in [0.15, 0.2) is 58.9 Å². The van der Waals surface area contributed by atoms with E-state index in [0.717, 1.165) is 41.9 Å².